The number of nitrogens with zero attached hydrogens (tertiary/aromatic N) is 5. The Balaban J connectivity index is 1.59. The summed E-state index contributed by atoms with van der Waals surface area (Å²) in [6.45, 7) is 0.726. The van der Waals surface area contributed by atoms with Crippen LogP contribution in [0, 0.1) is 0 Å². The lowest BCUT2D eigenvalue weighted by atomic mass is 10.2. The second kappa shape index (κ2) is 6.32. The van der Waals surface area contributed by atoms with E-state index in [1.807, 2.05) is 35.3 Å². The van der Waals surface area contributed by atoms with E-state index in [0.29, 0.717) is 5.65 Å². The van der Waals surface area contributed by atoms with Crippen LogP contribution in [0.1, 0.15) is 5.56 Å². The largest absolute Gasteiger partial charge is 0.337 e. The Morgan fingerprint density at radius 2 is 2.08 bits per heavy atom. The maximum Gasteiger partial charge on any atom is 0.161 e. The van der Waals surface area contributed by atoms with Crippen molar-refractivity contribution in [2.75, 3.05) is 11.6 Å². The molecule has 0 amide bonds. The molecule has 0 fully saturated rings. The summed E-state index contributed by atoms with van der Waals surface area (Å²) in [7, 11) is 0. The van der Waals surface area contributed by atoms with E-state index < -0.39 is 0 Å². The van der Waals surface area contributed by atoms with Gasteiger partial charge in [-0.1, -0.05) is 30.3 Å². The molecular formula is C16H15N7S. The maximum atomic E-state index is 4.40. The first-order valence-corrected chi connectivity index (χ1v) is 8.62. The summed E-state index contributed by atoms with van der Waals surface area (Å²) in [5, 5.41) is 16.6. The molecular weight excluding hydrogens is 322 g/mol. The van der Waals surface area contributed by atoms with E-state index in [0.717, 1.165) is 28.5 Å². The van der Waals surface area contributed by atoms with E-state index >= 15 is 0 Å². The Morgan fingerprint density at radius 3 is 2.92 bits per heavy atom. The zero-order valence-electron chi connectivity index (χ0n) is 13.0. The molecule has 7 nitrogen and oxygen atoms in total. The van der Waals surface area contributed by atoms with Gasteiger partial charge >= 0.3 is 0 Å². The fourth-order valence-corrected chi connectivity index (χ4v) is 3.03. The molecule has 3 heterocycles. The fraction of sp³-hybridized carbons (Fsp3) is 0.125. The molecule has 0 bridgehead atoms. The average molecular weight is 337 g/mol. The number of thioether (sulfide) groups is 1. The molecule has 0 aliphatic heterocycles. The average Bonchev–Trinajstić information content (AvgIpc) is 3.23. The van der Waals surface area contributed by atoms with Crippen LogP contribution in [0.15, 0.2) is 54.1 Å². The third-order valence-corrected chi connectivity index (χ3v) is 4.28. The van der Waals surface area contributed by atoms with Gasteiger partial charge < -0.3 is 5.32 Å². The molecule has 0 aliphatic carbocycles. The predicted octanol–water partition coefficient (Wildman–Crippen LogP) is 3.06. The van der Waals surface area contributed by atoms with Gasteiger partial charge in [0.1, 0.15) is 17.2 Å². The third-order valence-electron chi connectivity index (χ3n) is 3.60. The van der Waals surface area contributed by atoms with Crippen LogP contribution < -0.4 is 5.32 Å². The SMILES string of the molecule is CSc1n[nH]c2ncnc(Nc3cnn(Cc4ccccc4)c3)c12. The van der Waals surface area contributed by atoms with Crippen molar-refractivity contribution in [1.29, 1.82) is 0 Å². The van der Waals surface area contributed by atoms with Gasteiger partial charge in [-0.25, -0.2) is 9.97 Å². The van der Waals surface area contributed by atoms with Crippen molar-refractivity contribution in [3.8, 4) is 0 Å². The van der Waals surface area contributed by atoms with E-state index in [-0.39, 0.29) is 0 Å². The van der Waals surface area contributed by atoms with Crippen molar-refractivity contribution in [2.45, 2.75) is 11.6 Å². The summed E-state index contributed by atoms with van der Waals surface area (Å²) in [5.41, 5.74) is 2.80. The fourth-order valence-electron chi connectivity index (χ4n) is 2.50. The Kier molecular flexibility index (Phi) is 3.87. The molecule has 0 aliphatic rings. The number of aromatic amines is 1. The molecule has 0 saturated carbocycles. The Hall–Kier alpha value is -2.87. The molecule has 0 radical (unpaired) electrons. The molecule has 2 N–H and O–H groups in total. The van der Waals surface area contributed by atoms with Crippen LogP contribution in [0.25, 0.3) is 11.0 Å². The van der Waals surface area contributed by atoms with Crippen molar-refractivity contribution in [3.05, 3.63) is 54.6 Å². The molecule has 4 rings (SSSR count). The normalized spacial score (nSPS) is 11.0. The van der Waals surface area contributed by atoms with Gasteiger partial charge in [0.05, 0.1) is 23.8 Å². The summed E-state index contributed by atoms with van der Waals surface area (Å²) in [6, 6.07) is 10.2. The monoisotopic (exact) mass is 337 g/mol. The number of hydrogen-bond acceptors (Lipinski definition) is 6. The topological polar surface area (TPSA) is 84.3 Å². The predicted molar refractivity (Wildman–Crippen MR) is 94.5 cm³/mol. The maximum absolute atomic E-state index is 4.40. The zero-order chi connectivity index (χ0) is 16.4. The van der Waals surface area contributed by atoms with Crippen molar-refractivity contribution in [1.82, 2.24) is 29.9 Å². The molecule has 0 spiro atoms. The number of fused-ring (bicyclic) bond motifs is 1. The van der Waals surface area contributed by atoms with E-state index in [2.05, 4.69) is 42.7 Å². The van der Waals surface area contributed by atoms with Crippen molar-refractivity contribution >= 4 is 34.3 Å². The quantitative estimate of drug-likeness (QED) is 0.545. The Bertz CT molecular complexity index is 961. The van der Waals surface area contributed by atoms with Gasteiger partial charge in [-0.15, -0.1) is 11.8 Å². The number of nitrogens with one attached hydrogen (secondary N) is 2. The number of rotatable bonds is 5. The van der Waals surface area contributed by atoms with Crippen LogP contribution in [0.4, 0.5) is 11.5 Å². The lowest BCUT2D eigenvalue weighted by Gasteiger charge is -2.04. The second-order valence-electron chi connectivity index (χ2n) is 5.22. The number of benzene rings is 1. The van der Waals surface area contributed by atoms with E-state index in [1.165, 1.54) is 11.9 Å². The molecule has 120 valence electrons. The molecule has 0 atom stereocenters. The Labute approximate surface area is 142 Å². The first-order chi connectivity index (χ1) is 11.8. The first-order valence-electron chi connectivity index (χ1n) is 7.40. The van der Waals surface area contributed by atoms with E-state index in [9.17, 15) is 0 Å². The van der Waals surface area contributed by atoms with Crippen LogP contribution in [0.5, 0.6) is 0 Å². The van der Waals surface area contributed by atoms with Gasteiger partial charge in [0, 0.05) is 6.20 Å². The number of anilines is 2. The van der Waals surface area contributed by atoms with Gasteiger partial charge in [0.25, 0.3) is 0 Å². The summed E-state index contributed by atoms with van der Waals surface area (Å²) >= 11 is 1.55. The van der Waals surface area contributed by atoms with Gasteiger partial charge in [0.15, 0.2) is 5.65 Å². The molecule has 0 unspecified atom stereocenters. The minimum atomic E-state index is 0.716. The molecule has 3 aromatic heterocycles. The summed E-state index contributed by atoms with van der Waals surface area (Å²) in [6.07, 6.45) is 7.24. The lowest BCUT2D eigenvalue weighted by molar-refractivity contribution is 0.687. The van der Waals surface area contributed by atoms with E-state index in [1.54, 1.807) is 18.0 Å². The van der Waals surface area contributed by atoms with E-state index in [4.69, 9.17) is 0 Å². The van der Waals surface area contributed by atoms with Gasteiger partial charge in [-0.2, -0.15) is 10.2 Å². The minimum Gasteiger partial charge on any atom is -0.337 e. The van der Waals surface area contributed by atoms with Crippen LogP contribution in [0.3, 0.4) is 0 Å². The third kappa shape index (κ3) is 2.83. The van der Waals surface area contributed by atoms with Crippen molar-refractivity contribution < 1.29 is 0 Å². The highest BCUT2D eigenvalue weighted by atomic mass is 32.2. The lowest BCUT2D eigenvalue weighted by Crippen LogP contribution is -1.99. The second-order valence-corrected chi connectivity index (χ2v) is 6.01. The van der Waals surface area contributed by atoms with Crippen LogP contribution in [0.2, 0.25) is 0 Å². The summed E-state index contributed by atoms with van der Waals surface area (Å²) < 4.78 is 1.89. The molecule has 4 aromatic rings. The van der Waals surface area contributed by atoms with Gasteiger partial charge in [-0.05, 0) is 11.8 Å². The number of H-pyrrole nitrogens is 1. The number of hydrogen-bond donors (Lipinski definition) is 2. The number of aromatic nitrogens is 6. The highest BCUT2D eigenvalue weighted by Crippen LogP contribution is 2.29. The summed E-state index contributed by atoms with van der Waals surface area (Å²) in [5.74, 6) is 0.720. The summed E-state index contributed by atoms with van der Waals surface area (Å²) in [4.78, 5) is 8.55. The Morgan fingerprint density at radius 1 is 1.21 bits per heavy atom. The first kappa shape index (κ1) is 14.7. The van der Waals surface area contributed by atoms with Gasteiger partial charge in [-0.3, -0.25) is 9.78 Å². The highest BCUT2D eigenvalue weighted by molar-refractivity contribution is 7.98. The molecule has 1 aromatic carbocycles. The molecule has 0 saturated heterocycles. The smallest absolute Gasteiger partial charge is 0.161 e. The standard InChI is InChI=1S/C16H15N7S/c1-24-16-13-14(17-10-18-15(13)21-22-16)20-12-7-19-23(9-12)8-11-5-3-2-4-6-11/h2-7,9-10H,8H2,1H3,(H2,17,18,20,21,22). The molecule has 8 heteroatoms. The highest BCUT2D eigenvalue weighted by Gasteiger charge is 2.12. The van der Waals surface area contributed by atoms with Crippen molar-refractivity contribution in [3.63, 3.8) is 0 Å². The van der Waals surface area contributed by atoms with Crippen LogP contribution >= 0.6 is 11.8 Å². The zero-order valence-corrected chi connectivity index (χ0v) is 13.8. The van der Waals surface area contributed by atoms with Gasteiger partial charge in [0.2, 0.25) is 0 Å². The van der Waals surface area contributed by atoms with Crippen LogP contribution in [-0.4, -0.2) is 36.2 Å². The van der Waals surface area contributed by atoms with Crippen molar-refractivity contribution in [2.24, 2.45) is 0 Å². The van der Waals surface area contributed by atoms with Crippen LogP contribution in [-0.2, 0) is 6.54 Å². The minimum absolute atomic E-state index is 0.716. The molecule has 24 heavy (non-hydrogen) atoms.